The summed E-state index contributed by atoms with van der Waals surface area (Å²) in [5.41, 5.74) is 3.58. The Kier molecular flexibility index (Phi) is 5.76. The number of carbonyl (C=O) groups is 1. The van der Waals surface area contributed by atoms with Crippen LogP contribution in [-0.2, 0) is 18.7 Å². The van der Waals surface area contributed by atoms with Gasteiger partial charge in [0.05, 0.1) is 0 Å². The van der Waals surface area contributed by atoms with Crippen LogP contribution in [0.5, 0.6) is 0 Å². The highest BCUT2D eigenvalue weighted by molar-refractivity contribution is 7.97. The zero-order chi connectivity index (χ0) is 19.3. The predicted molar refractivity (Wildman–Crippen MR) is 115 cm³/mol. The summed E-state index contributed by atoms with van der Waals surface area (Å²) < 4.78 is 2.22. The van der Waals surface area contributed by atoms with E-state index < -0.39 is 0 Å². The molecule has 1 aromatic heterocycles. The third kappa shape index (κ3) is 4.12. The van der Waals surface area contributed by atoms with Crippen molar-refractivity contribution >= 4 is 23.4 Å². The van der Waals surface area contributed by atoms with Gasteiger partial charge in [-0.1, -0.05) is 30.7 Å². The second-order valence-electron chi connectivity index (χ2n) is 7.07. The molecule has 0 fully saturated rings. The third-order valence-corrected chi connectivity index (χ3v) is 5.61. The number of nitrogens with zero attached hydrogens (tertiary/aromatic N) is 3. The molecule has 4 rings (SSSR count). The van der Waals surface area contributed by atoms with Crippen molar-refractivity contribution in [2.24, 2.45) is 0 Å². The lowest BCUT2D eigenvalue weighted by Gasteiger charge is -2.10. The van der Waals surface area contributed by atoms with Crippen LogP contribution in [0.4, 0.5) is 5.69 Å². The molecule has 6 heteroatoms. The minimum absolute atomic E-state index is 0.0971. The minimum Gasteiger partial charge on any atom is -0.322 e. The molecule has 1 amide bonds. The average molecular weight is 393 g/mol. The standard InChI is InChI=1S/C22H24N4OS/c1-28-15-16-7-5-9-18(13-16)22(27)23-19-10-6-8-17(14-19)21-25-24-20-11-3-2-4-12-26(20)21/h5-10,13-14H,2-4,11-12,15H2,1H3,(H,23,27). The van der Waals surface area contributed by atoms with E-state index in [9.17, 15) is 4.79 Å². The number of amides is 1. The molecule has 0 bridgehead atoms. The van der Waals surface area contributed by atoms with Gasteiger partial charge >= 0.3 is 0 Å². The molecule has 3 aromatic rings. The van der Waals surface area contributed by atoms with Crippen molar-refractivity contribution in [1.29, 1.82) is 0 Å². The van der Waals surface area contributed by atoms with Gasteiger partial charge in [-0.05, 0) is 48.9 Å². The van der Waals surface area contributed by atoms with Crippen molar-refractivity contribution in [3.05, 3.63) is 65.5 Å². The molecule has 28 heavy (non-hydrogen) atoms. The normalized spacial score (nSPS) is 13.6. The van der Waals surface area contributed by atoms with E-state index in [1.807, 2.05) is 48.5 Å². The number of aromatic nitrogens is 3. The molecule has 2 aromatic carbocycles. The number of nitrogens with one attached hydrogen (secondary N) is 1. The molecule has 0 atom stereocenters. The lowest BCUT2D eigenvalue weighted by molar-refractivity contribution is 0.102. The molecule has 0 aliphatic carbocycles. The number of anilines is 1. The fourth-order valence-corrected chi connectivity index (χ4v) is 4.12. The first-order valence-corrected chi connectivity index (χ1v) is 11.1. The zero-order valence-electron chi connectivity index (χ0n) is 16.0. The topological polar surface area (TPSA) is 59.8 Å². The summed E-state index contributed by atoms with van der Waals surface area (Å²) in [5.74, 6) is 2.75. The van der Waals surface area contributed by atoms with Crippen LogP contribution in [0.3, 0.4) is 0 Å². The van der Waals surface area contributed by atoms with E-state index in [1.165, 1.54) is 12.8 Å². The van der Waals surface area contributed by atoms with Gasteiger partial charge in [-0.2, -0.15) is 11.8 Å². The van der Waals surface area contributed by atoms with Gasteiger partial charge in [0, 0.05) is 35.5 Å². The lowest BCUT2D eigenvalue weighted by atomic mass is 10.1. The molecule has 0 unspecified atom stereocenters. The molecular weight excluding hydrogens is 368 g/mol. The van der Waals surface area contributed by atoms with Crippen LogP contribution in [0.2, 0.25) is 0 Å². The van der Waals surface area contributed by atoms with Gasteiger partial charge in [0.1, 0.15) is 5.82 Å². The van der Waals surface area contributed by atoms with Crippen LogP contribution < -0.4 is 5.32 Å². The Morgan fingerprint density at radius 1 is 1.11 bits per heavy atom. The second-order valence-corrected chi connectivity index (χ2v) is 7.94. The van der Waals surface area contributed by atoms with Crippen molar-refractivity contribution in [1.82, 2.24) is 14.8 Å². The van der Waals surface area contributed by atoms with Crippen molar-refractivity contribution in [3.8, 4) is 11.4 Å². The number of benzene rings is 2. The van der Waals surface area contributed by atoms with Gasteiger partial charge in [0.15, 0.2) is 5.82 Å². The van der Waals surface area contributed by atoms with Gasteiger partial charge in [-0.15, -0.1) is 10.2 Å². The first-order valence-electron chi connectivity index (χ1n) is 9.66. The van der Waals surface area contributed by atoms with Crippen molar-refractivity contribution < 1.29 is 4.79 Å². The number of fused-ring (bicyclic) bond motifs is 1. The van der Waals surface area contributed by atoms with Gasteiger partial charge in [0.2, 0.25) is 0 Å². The van der Waals surface area contributed by atoms with E-state index in [2.05, 4.69) is 26.3 Å². The Morgan fingerprint density at radius 2 is 2.00 bits per heavy atom. The molecule has 2 heterocycles. The summed E-state index contributed by atoms with van der Waals surface area (Å²) in [6.07, 6.45) is 6.60. The predicted octanol–water partition coefficient (Wildman–Crippen LogP) is 4.79. The maximum absolute atomic E-state index is 12.7. The number of rotatable bonds is 5. The van der Waals surface area contributed by atoms with E-state index in [4.69, 9.17) is 0 Å². The molecule has 0 saturated heterocycles. The second kappa shape index (κ2) is 8.61. The van der Waals surface area contributed by atoms with Crippen LogP contribution in [0, 0.1) is 0 Å². The van der Waals surface area contributed by atoms with Crippen LogP contribution >= 0.6 is 11.8 Å². The van der Waals surface area contributed by atoms with Gasteiger partial charge in [0.25, 0.3) is 5.91 Å². The molecule has 0 radical (unpaired) electrons. The highest BCUT2D eigenvalue weighted by Crippen LogP contribution is 2.25. The van der Waals surface area contributed by atoms with Crippen molar-refractivity contribution in [3.63, 3.8) is 0 Å². The Morgan fingerprint density at radius 3 is 2.89 bits per heavy atom. The monoisotopic (exact) mass is 392 g/mol. The van der Waals surface area contributed by atoms with E-state index in [1.54, 1.807) is 11.8 Å². The van der Waals surface area contributed by atoms with Crippen molar-refractivity contribution in [2.45, 2.75) is 38.0 Å². The molecule has 1 N–H and O–H groups in total. The fourth-order valence-electron chi connectivity index (χ4n) is 3.61. The Labute approximate surface area is 169 Å². The Hall–Kier alpha value is -2.60. The summed E-state index contributed by atoms with van der Waals surface area (Å²) in [5, 5.41) is 11.8. The summed E-state index contributed by atoms with van der Waals surface area (Å²) >= 11 is 1.75. The number of hydrogen-bond donors (Lipinski definition) is 1. The van der Waals surface area contributed by atoms with Crippen LogP contribution in [-0.4, -0.2) is 26.9 Å². The molecule has 144 valence electrons. The molecule has 0 spiro atoms. The first-order chi connectivity index (χ1) is 13.7. The molecule has 0 saturated carbocycles. The van der Waals surface area contributed by atoms with Gasteiger partial charge in [-0.25, -0.2) is 0 Å². The Balaban J connectivity index is 1.55. The quantitative estimate of drug-likeness (QED) is 0.678. The molecule has 1 aliphatic rings. The zero-order valence-corrected chi connectivity index (χ0v) is 16.8. The number of thioether (sulfide) groups is 1. The van der Waals surface area contributed by atoms with Crippen LogP contribution in [0.15, 0.2) is 48.5 Å². The van der Waals surface area contributed by atoms with E-state index >= 15 is 0 Å². The van der Waals surface area contributed by atoms with Crippen molar-refractivity contribution in [2.75, 3.05) is 11.6 Å². The fraction of sp³-hybridized carbons (Fsp3) is 0.318. The third-order valence-electron chi connectivity index (χ3n) is 4.99. The lowest BCUT2D eigenvalue weighted by Crippen LogP contribution is -2.12. The summed E-state index contributed by atoms with van der Waals surface area (Å²) in [4.78, 5) is 12.7. The minimum atomic E-state index is -0.0971. The van der Waals surface area contributed by atoms with E-state index in [-0.39, 0.29) is 5.91 Å². The Bertz CT molecular complexity index is 982. The summed E-state index contributed by atoms with van der Waals surface area (Å²) in [7, 11) is 0. The molecule has 5 nitrogen and oxygen atoms in total. The van der Waals surface area contributed by atoms with Gasteiger partial charge < -0.3 is 9.88 Å². The van der Waals surface area contributed by atoms with Crippen LogP contribution in [0.25, 0.3) is 11.4 Å². The van der Waals surface area contributed by atoms with Crippen LogP contribution in [0.1, 0.15) is 41.0 Å². The maximum atomic E-state index is 12.7. The highest BCUT2D eigenvalue weighted by Gasteiger charge is 2.16. The SMILES string of the molecule is CSCc1cccc(C(=O)Nc2cccc(-c3nnc4n3CCCCC4)c2)c1. The smallest absolute Gasteiger partial charge is 0.255 e. The summed E-state index contributed by atoms with van der Waals surface area (Å²) in [6, 6.07) is 15.6. The van der Waals surface area contributed by atoms with Gasteiger partial charge in [-0.3, -0.25) is 4.79 Å². The number of hydrogen-bond acceptors (Lipinski definition) is 4. The molecule has 1 aliphatic heterocycles. The largest absolute Gasteiger partial charge is 0.322 e. The average Bonchev–Trinajstić information content (AvgIpc) is 2.97. The first kappa shape index (κ1) is 18.7. The highest BCUT2D eigenvalue weighted by atomic mass is 32.2. The van der Waals surface area contributed by atoms with E-state index in [0.717, 1.165) is 53.6 Å². The molecular formula is C22H24N4OS. The number of aryl methyl sites for hydroxylation is 1. The summed E-state index contributed by atoms with van der Waals surface area (Å²) in [6.45, 7) is 0.955. The number of carbonyl (C=O) groups excluding carboxylic acids is 1. The van der Waals surface area contributed by atoms with E-state index in [0.29, 0.717) is 5.56 Å². The maximum Gasteiger partial charge on any atom is 0.255 e.